The van der Waals surface area contributed by atoms with Crippen molar-refractivity contribution in [1.82, 2.24) is 0 Å². The van der Waals surface area contributed by atoms with Gasteiger partial charge in [-0.1, -0.05) is 53.2 Å². The molecule has 1 N–H and O–H groups in total. The number of hydrogen-bond donors (Lipinski definition) is 1. The zero-order valence-corrected chi connectivity index (χ0v) is 13.2. The first-order chi connectivity index (χ1) is 10.2. The van der Waals surface area contributed by atoms with Crippen LogP contribution in [0.3, 0.4) is 0 Å². The maximum absolute atomic E-state index is 12.4. The topological polar surface area (TPSA) is 52.9 Å². The molecule has 2 aromatic rings. The minimum Gasteiger partial charge on any atom is -0.324 e. The summed E-state index contributed by atoms with van der Waals surface area (Å²) in [4.78, 5) is 12.4. The molecule has 0 saturated carbocycles. The predicted molar refractivity (Wildman–Crippen MR) is 86.9 cm³/mol. The normalized spacial score (nSPS) is 11.5. The number of nitrogens with one attached hydrogen (secondary N) is 1. The molecule has 0 bridgehead atoms. The molecule has 4 heteroatoms. The molecule has 0 aromatic heterocycles. The van der Waals surface area contributed by atoms with Crippen LogP contribution in [-0.4, -0.2) is 5.91 Å². The largest absolute Gasteiger partial charge is 0.324 e. The summed E-state index contributed by atoms with van der Waals surface area (Å²) < 4.78 is 0.970. The number of benzene rings is 2. The van der Waals surface area contributed by atoms with Gasteiger partial charge in [-0.25, -0.2) is 0 Å². The van der Waals surface area contributed by atoms with Crippen molar-refractivity contribution in [3.63, 3.8) is 0 Å². The number of anilines is 1. The second-order valence-corrected chi connectivity index (χ2v) is 5.53. The van der Waals surface area contributed by atoms with Crippen LogP contribution in [0.2, 0.25) is 0 Å². The van der Waals surface area contributed by atoms with Crippen LogP contribution in [0.15, 0.2) is 53.0 Å². The van der Waals surface area contributed by atoms with Crippen molar-refractivity contribution >= 4 is 27.5 Å². The summed E-state index contributed by atoms with van der Waals surface area (Å²) in [6.45, 7) is 2.02. The molecule has 3 nitrogen and oxygen atoms in total. The van der Waals surface area contributed by atoms with E-state index < -0.39 is 5.92 Å². The minimum atomic E-state index is -0.806. The van der Waals surface area contributed by atoms with E-state index in [9.17, 15) is 10.1 Å². The molecule has 0 fully saturated rings. The summed E-state index contributed by atoms with van der Waals surface area (Å²) >= 11 is 3.42. The molecule has 2 rings (SSSR count). The first-order valence-electron chi connectivity index (χ1n) is 6.69. The minimum absolute atomic E-state index is 0.305. The summed E-state index contributed by atoms with van der Waals surface area (Å²) in [5.74, 6) is -1.11. The molecule has 21 heavy (non-hydrogen) atoms. The second kappa shape index (κ2) is 7.05. The highest BCUT2D eigenvalue weighted by atomic mass is 79.9. The van der Waals surface area contributed by atoms with Gasteiger partial charge in [0.1, 0.15) is 0 Å². The van der Waals surface area contributed by atoms with Crippen molar-refractivity contribution < 1.29 is 4.79 Å². The Morgan fingerprint density at radius 2 is 2.00 bits per heavy atom. The van der Waals surface area contributed by atoms with Crippen LogP contribution in [0.25, 0.3) is 0 Å². The van der Waals surface area contributed by atoms with Crippen molar-refractivity contribution in [3.05, 3.63) is 64.1 Å². The van der Waals surface area contributed by atoms with Gasteiger partial charge < -0.3 is 5.32 Å². The molecule has 0 heterocycles. The van der Waals surface area contributed by atoms with E-state index in [4.69, 9.17) is 0 Å². The van der Waals surface area contributed by atoms with Gasteiger partial charge in [-0.2, -0.15) is 5.26 Å². The average Bonchev–Trinajstić information content (AvgIpc) is 2.51. The van der Waals surface area contributed by atoms with Crippen LogP contribution in [0.1, 0.15) is 24.0 Å². The molecule has 0 radical (unpaired) electrons. The van der Waals surface area contributed by atoms with Crippen LogP contribution < -0.4 is 5.32 Å². The highest BCUT2D eigenvalue weighted by molar-refractivity contribution is 9.10. The SMILES string of the molecule is CCc1cc(Br)ccc1NC(=O)C(C#N)c1ccccc1. The van der Waals surface area contributed by atoms with E-state index in [-0.39, 0.29) is 5.91 Å². The summed E-state index contributed by atoms with van der Waals surface area (Å²) in [5, 5.41) is 12.1. The third-order valence-electron chi connectivity index (χ3n) is 3.23. The summed E-state index contributed by atoms with van der Waals surface area (Å²) in [6.07, 6.45) is 0.803. The highest BCUT2D eigenvalue weighted by Crippen LogP contribution is 2.24. The van der Waals surface area contributed by atoms with Gasteiger partial charge in [0.05, 0.1) is 6.07 Å². The fourth-order valence-electron chi connectivity index (χ4n) is 2.11. The Labute approximate surface area is 132 Å². The van der Waals surface area contributed by atoms with E-state index in [1.54, 1.807) is 12.1 Å². The van der Waals surface area contributed by atoms with Gasteiger partial charge in [-0.05, 0) is 35.7 Å². The van der Waals surface area contributed by atoms with E-state index in [0.29, 0.717) is 5.56 Å². The Bertz CT molecular complexity index is 677. The zero-order chi connectivity index (χ0) is 15.2. The molecule has 0 aliphatic heterocycles. The molecule has 1 unspecified atom stereocenters. The van der Waals surface area contributed by atoms with Crippen molar-refractivity contribution in [2.45, 2.75) is 19.3 Å². The lowest BCUT2D eigenvalue weighted by Gasteiger charge is -2.13. The van der Waals surface area contributed by atoms with E-state index in [1.165, 1.54) is 0 Å². The fourth-order valence-corrected chi connectivity index (χ4v) is 2.52. The number of nitrogens with zero attached hydrogens (tertiary/aromatic N) is 1. The predicted octanol–water partition coefficient (Wildman–Crippen LogP) is 4.26. The fraction of sp³-hybridized carbons (Fsp3) is 0.176. The first kappa shape index (κ1) is 15.3. The number of carbonyl (C=O) groups is 1. The second-order valence-electron chi connectivity index (χ2n) is 4.62. The van der Waals surface area contributed by atoms with Crippen molar-refractivity contribution in [1.29, 1.82) is 5.26 Å². The van der Waals surface area contributed by atoms with Gasteiger partial charge in [-0.3, -0.25) is 4.79 Å². The molecule has 0 spiro atoms. The molecular formula is C17H15BrN2O. The number of rotatable bonds is 4. The molecular weight excluding hydrogens is 328 g/mol. The van der Waals surface area contributed by atoms with Gasteiger partial charge in [0.2, 0.25) is 5.91 Å². The third kappa shape index (κ3) is 3.71. The van der Waals surface area contributed by atoms with Crippen LogP contribution in [-0.2, 0) is 11.2 Å². The lowest BCUT2D eigenvalue weighted by Crippen LogP contribution is -2.20. The molecule has 0 aliphatic carbocycles. The molecule has 106 valence electrons. The van der Waals surface area contributed by atoms with Gasteiger partial charge in [0.25, 0.3) is 0 Å². The Morgan fingerprint density at radius 3 is 2.62 bits per heavy atom. The average molecular weight is 343 g/mol. The lowest BCUT2D eigenvalue weighted by molar-refractivity contribution is -0.116. The lowest BCUT2D eigenvalue weighted by atomic mass is 9.99. The van der Waals surface area contributed by atoms with Crippen LogP contribution in [0, 0.1) is 11.3 Å². The smallest absolute Gasteiger partial charge is 0.246 e. The quantitative estimate of drug-likeness (QED) is 0.902. The van der Waals surface area contributed by atoms with Crippen LogP contribution in [0.5, 0.6) is 0 Å². The number of hydrogen-bond acceptors (Lipinski definition) is 2. The summed E-state index contributed by atoms with van der Waals surface area (Å²) in [7, 11) is 0. The first-order valence-corrected chi connectivity index (χ1v) is 7.49. The van der Waals surface area contributed by atoms with Gasteiger partial charge >= 0.3 is 0 Å². The highest BCUT2D eigenvalue weighted by Gasteiger charge is 2.20. The third-order valence-corrected chi connectivity index (χ3v) is 3.72. The van der Waals surface area contributed by atoms with Crippen molar-refractivity contribution in [3.8, 4) is 6.07 Å². The molecule has 1 atom stereocenters. The molecule has 2 aromatic carbocycles. The zero-order valence-electron chi connectivity index (χ0n) is 11.6. The molecule has 0 aliphatic rings. The number of amides is 1. The number of halogens is 1. The number of nitriles is 1. The standard InChI is InChI=1S/C17H15BrN2O/c1-2-12-10-14(18)8-9-16(12)20-17(21)15(11-19)13-6-4-3-5-7-13/h3-10,15H,2H2,1H3,(H,20,21). The maximum atomic E-state index is 12.4. The number of carbonyl (C=O) groups excluding carboxylic acids is 1. The Balaban J connectivity index is 2.23. The van der Waals surface area contributed by atoms with Gasteiger partial charge in [0, 0.05) is 10.2 Å². The van der Waals surface area contributed by atoms with Gasteiger partial charge in [0.15, 0.2) is 5.92 Å². The van der Waals surface area contributed by atoms with Crippen LogP contribution in [0.4, 0.5) is 5.69 Å². The Kier molecular flexibility index (Phi) is 5.13. The van der Waals surface area contributed by atoms with Crippen molar-refractivity contribution in [2.24, 2.45) is 0 Å². The van der Waals surface area contributed by atoms with Gasteiger partial charge in [-0.15, -0.1) is 0 Å². The van der Waals surface area contributed by atoms with E-state index in [0.717, 1.165) is 22.1 Å². The van der Waals surface area contributed by atoms with Crippen LogP contribution >= 0.6 is 15.9 Å². The van der Waals surface area contributed by atoms with E-state index >= 15 is 0 Å². The van der Waals surface area contributed by atoms with E-state index in [2.05, 4.69) is 27.3 Å². The molecule has 1 amide bonds. The maximum Gasteiger partial charge on any atom is 0.246 e. The summed E-state index contributed by atoms with van der Waals surface area (Å²) in [6, 6.07) is 16.8. The summed E-state index contributed by atoms with van der Waals surface area (Å²) in [5.41, 5.74) is 2.48. The monoisotopic (exact) mass is 342 g/mol. The Morgan fingerprint density at radius 1 is 1.29 bits per heavy atom. The molecule has 0 saturated heterocycles. The van der Waals surface area contributed by atoms with Crippen molar-refractivity contribution in [2.75, 3.05) is 5.32 Å². The Hall–Kier alpha value is -2.12. The van der Waals surface area contributed by atoms with E-state index in [1.807, 2.05) is 43.3 Å². The number of aryl methyl sites for hydroxylation is 1.